The first kappa shape index (κ1) is 29.0. The maximum absolute atomic E-state index is 13.4. The minimum absolute atomic E-state index is 0.374. The van der Waals surface area contributed by atoms with Gasteiger partial charge in [-0.15, -0.1) is 0 Å². The van der Waals surface area contributed by atoms with Crippen molar-refractivity contribution in [2.45, 2.75) is 58.7 Å². The minimum Gasteiger partial charge on any atom is -0.468 e. The number of hydrogen-bond acceptors (Lipinski definition) is 7. The summed E-state index contributed by atoms with van der Waals surface area (Å²) in [6, 6.07) is 4.38. The van der Waals surface area contributed by atoms with E-state index in [9.17, 15) is 24.0 Å². The normalized spacial score (nSPS) is 12.4. The topological polar surface area (TPSA) is 157 Å². The number of rotatable bonds is 9. The molecule has 11 heteroatoms. The number of nitrogens with two attached hydrogens (primary N) is 1. The number of alkyl carbamates (subject to hydrolysis) is 1. The number of amides is 4. The zero-order chi connectivity index (χ0) is 26.9. The van der Waals surface area contributed by atoms with Crippen LogP contribution in [0.5, 0.6) is 0 Å². The second-order valence-corrected chi connectivity index (χ2v) is 8.76. The molecule has 1 aromatic carbocycles. The zero-order valence-electron chi connectivity index (χ0n) is 20.8. The Morgan fingerprint density at radius 3 is 2.29 bits per heavy atom. The fraction of sp³-hybridized carbons (Fsp3) is 0.458. The summed E-state index contributed by atoms with van der Waals surface area (Å²) in [5.74, 6) is -3.33. The molecular formula is C24H32N4O7. The van der Waals surface area contributed by atoms with E-state index >= 15 is 0 Å². The van der Waals surface area contributed by atoms with Crippen LogP contribution < -0.4 is 16.4 Å². The zero-order valence-corrected chi connectivity index (χ0v) is 20.8. The van der Waals surface area contributed by atoms with E-state index in [1.165, 1.54) is 0 Å². The minimum atomic E-state index is -1.51. The van der Waals surface area contributed by atoms with Crippen molar-refractivity contribution in [1.82, 2.24) is 15.5 Å². The SMILES string of the molecule is C#CN(C(=O)C(CC(N)=O)NC(=O)OC(C)(C)C)C(C(=O)NCC(=O)OC)c1ccc(C)cc1C. The van der Waals surface area contributed by atoms with E-state index in [-0.39, 0.29) is 0 Å². The summed E-state index contributed by atoms with van der Waals surface area (Å²) < 4.78 is 9.70. The molecular weight excluding hydrogens is 456 g/mol. The number of carbonyl (C=O) groups excluding carboxylic acids is 5. The number of methoxy groups -OCH3 is 1. The molecule has 4 N–H and O–H groups in total. The third-order valence-electron chi connectivity index (χ3n) is 4.63. The van der Waals surface area contributed by atoms with Crippen molar-refractivity contribution >= 4 is 29.8 Å². The fourth-order valence-electron chi connectivity index (χ4n) is 3.14. The molecule has 1 aromatic rings. The van der Waals surface area contributed by atoms with Crippen molar-refractivity contribution in [2.75, 3.05) is 13.7 Å². The molecule has 1 rings (SSSR count). The lowest BCUT2D eigenvalue weighted by atomic mass is 9.96. The Morgan fingerprint density at radius 1 is 1.17 bits per heavy atom. The fourth-order valence-corrected chi connectivity index (χ4v) is 3.14. The third-order valence-corrected chi connectivity index (χ3v) is 4.63. The van der Waals surface area contributed by atoms with E-state index in [1.807, 2.05) is 6.92 Å². The van der Waals surface area contributed by atoms with Gasteiger partial charge in [-0.05, 0) is 45.7 Å². The van der Waals surface area contributed by atoms with Crippen LogP contribution in [0.2, 0.25) is 0 Å². The second kappa shape index (κ2) is 12.4. The van der Waals surface area contributed by atoms with E-state index in [1.54, 1.807) is 45.9 Å². The molecule has 35 heavy (non-hydrogen) atoms. The highest BCUT2D eigenvalue weighted by Crippen LogP contribution is 2.26. The number of terminal acetylenes is 1. The van der Waals surface area contributed by atoms with Crippen LogP contribution in [-0.2, 0) is 28.7 Å². The number of ether oxygens (including phenoxy) is 2. The molecule has 2 unspecified atom stereocenters. The van der Waals surface area contributed by atoms with Crippen molar-refractivity contribution in [3.8, 4) is 12.5 Å². The first-order valence-corrected chi connectivity index (χ1v) is 10.7. The van der Waals surface area contributed by atoms with E-state index in [4.69, 9.17) is 16.9 Å². The summed E-state index contributed by atoms with van der Waals surface area (Å²) in [4.78, 5) is 62.8. The molecule has 11 nitrogen and oxygen atoms in total. The van der Waals surface area contributed by atoms with Gasteiger partial charge in [0.05, 0.1) is 13.5 Å². The van der Waals surface area contributed by atoms with Crippen molar-refractivity contribution in [1.29, 1.82) is 0 Å². The highest BCUT2D eigenvalue weighted by Gasteiger charge is 2.37. The van der Waals surface area contributed by atoms with Crippen LogP contribution in [0, 0.1) is 26.3 Å². The lowest BCUT2D eigenvalue weighted by Crippen LogP contribution is -2.53. The van der Waals surface area contributed by atoms with Crippen LogP contribution in [0.4, 0.5) is 4.79 Å². The molecule has 0 aromatic heterocycles. The number of primary amides is 1. The maximum Gasteiger partial charge on any atom is 0.408 e. The van der Waals surface area contributed by atoms with Gasteiger partial charge in [0.1, 0.15) is 24.2 Å². The van der Waals surface area contributed by atoms with E-state index in [0.717, 1.165) is 17.6 Å². The quantitative estimate of drug-likeness (QED) is 0.264. The number of hydrogen-bond donors (Lipinski definition) is 3. The summed E-state index contributed by atoms with van der Waals surface area (Å²) in [6.07, 6.45) is 4.06. The van der Waals surface area contributed by atoms with Crippen molar-refractivity contribution in [3.63, 3.8) is 0 Å². The average Bonchev–Trinajstić information content (AvgIpc) is 2.73. The molecule has 0 spiro atoms. The van der Waals surface area contributed by atoms with Gasteiger partial charge in [-0.3, -0.25) is 24.1 Å². The molecule has 0 heterocycles. The van der Waals surface area contributed by atoms with Gasteiger partial charge in [0.25, 0.3) is 5.91 Å². The predicted molar refractivity (Wildman–Crippen MR) is 126 cm³/mol. The Morgan fingerprint density at radius 2 is 1.80 bits per heavy atom. The molecule has 0 bridgehead atoms. The summed E-state index contributed by atoms with van der Waals surface area (Å²) >= 11 is 0. The molecule has 0 fully saturated rings. The number of esters is 1. The summed E-state index contributed by atoms with van der Waals surface area (Å²) in [6.45, 7) is 7.96. The van der Waals surface area contributed by atoms with Crippen LogP contribution in [-0.4, -0.2) is 60.0 Å². The van der Waals surface area contributed by atoms with Crippen molar-refractivity contribution < 1.29 is 33.4 Å². The van der Waals surface area contributed by atoms with Crippen molar-refractivity contribution in [3.05, 3.63) is 34.9 Å². The Kier molecular flexibility index (Phi) is 10.3. The summed E-state index contributed by atoms with van der Waals surface area (Å²) in [5.41, 5.74) is 6.31. The lowest BCUT2D eigenvalue weighted by Gasteiger charge is -2.30. The van der Waals surface area contributed by atoms with Gasteiger partial charge in [-0.2, -0.15) is 0 Å². The van der Waals surface area contributed by atoms with Gasteiger partial charge in [-0.1, -0.05) is 30.2 Å². The lowest BCUT2D eigenvalue weighted by molar-refractivity contribution is -0.143. The summed E-state index contributed by atoms with van der Waals surface area (Å²) in [5, 5.41) is 4.68. The third kappa shape index (κ3) is 9.00. The molecule has 0 aliphatic heterocycles. The molecule has 0 radical (unpaired) electrons. The molecule has 2 atom stereocenters. The van der Waals surface area contributed by atoms with Gasteiger partial charge >= 0.3 is 12.1 Å². The number of nitrogens with one attached hydrogen (secondary N) is 2. The Balaban J connectivity index is 3.44. The predicted octanol–water partition coefficient (Wildman–Crippen LogP) is 0.822. The average molecular weight is 489 g/mol. The molecule has 0 aliphatic rings. The van der Waals surface area contributed by atoms with Crippen LogP contribution in [0.3, 0.4) is 0 Å². The smallest absolute Gasteiger partial charge is 0.408 e. The van der Waals surface area contributed by atoms with E-state index < -0.39 is 60.4 Å². The van der Waals surface area contributed by atoms with Gasteiger partial charge in [0.2, 0.25) is 11.8 Å². The van der Waals surface area contributed by atoms with Crippen LogP contribution in [0.15, 0.2) is 18.2 Å². The second-order valence-electron chi connectivity index (χ2n) is 8.76. The first-order chi connectivity index (χ1) is 16.2. The molecule has 0 saturated carbocycles. The van der Waals surface area contributed by atoms with E-state index in [2.05, 4.69) is 21.4 Å². The number of aryl methyl sites for hydroxylation is 2. The number of benzene rings is 1. The van der Waals surface area contributed by atoms with Crippen LogP contribution in [0.1, 0.15) is 49.9 Å². The van der Waals surface area contributed by atoms with Gasteiger partial charge < -0.3 is 25.8 Å². The van der Waals surface area contributed by atoms with Crippen LogP contribution >= 0.6 is 0 Å². The highest BCUT2D eigenvalue weighted by molar-refractivity contribution is 5.96. The molecule has 0 aliphatic carbocycles. The van der Waals surface area contributed by atoms with Crippen LogP contribution in [0.25, 0.3) is 0 Å². The Bertz CT molecular complexity index is 1020. The number of carbonyl (C=O) groups is 5. The maximum atomic E-state index is 13.4. The number of nitrogens with zero attached hydrogens (tertiary/aromatic N) is 1. The van der Waals surface area contributed by atoms with Gasteiger partial charge in [0.15, 0.2) is 0 Å². The monoisotopic (exact) mass is 488 g/mol. The van der Waals surface area contributed by atoms with Gasteiger partial charge in [-0.25, -0.2) is 4.79 Å². The van der Waals surface area contributed by atoms with Crippen molar-refractivity contribution in [2.24, 2.45) is 5.73 Å². The van der Waals surface area contributed by atoms with Gasteiger partial charge in [0, 0.05) is 6.04 Å². The molecule has 190 valence electrons. The molecule has 0 saturated heterocycles. The standard InChI is InChI=1S/C24H32N4O7/c1-8-28(22(32)17(12-18(25)29)27-23(33)35-24(4,5)6)20(21(31)26-13-19(30)34-7)16-10-9-14(2)11-15(16)3/h1,9-11,17,20H,12-13H2,2-7H3,(H2,25,29)(H,26,31)(H,27,33). The Labute approximate surface area is 204 Å². The largest absolute Gasteiger partial charge is 0.468 e. The highest BCUT2D eigenvalue weighted by atomic mass is 16.6. The first-order valence-electron chi connectivity index (χ1n) is 10.7. The summed E-state index contributed by atoms with van der Waals surface area (Å²) in [7, 11) is 1.16. The van der Waals surface area contributed by atoms with E-state index in [0.29, 0.717) is 11.1 Å². The Hall–Kier alpha value is -4.07. The molecule has 4 amide bonds.